The van der Waals surface area contributed by atoms with Gasteiger partial charge in [0.1, 0.15) is 5.82 Å². The molecule has 0 N–H and O–H groups in total. The van der Waals surface area contributed by atoms with Crippen LogP contribution in [-0.4, -0.2) is 18.1 Å². The van der Waals surface area contributed by atoms with Crippen LogP contribution in [0.4, 0.5) is 5.82 Å². The number of anilines is 1. The van der Waals surface area contributed by atoms with Gasteiger partial charge in [-0.1, -0.05) is 6.07 Å². The van der Waals surface area contributed by atoms with E-state index in [-0.39, 0.29) is 5.41 Å². The normalized spacial score (nSPS) is 22.1. The Kier molecular flexibility index (Phi) is 2.95. The molecule has 0 unspecified atom stereocenters. The van der Waals surface area contributed by atoms with Gasteiger partial charge in [0.25, 0.3) is 0 Å². The number of nitriles is 1. The van der Waals surface area contributed by atoms with E-state index in [1.54, 1.807) is 0 Å². The molecule has 1 aliphatic carbocycles. The summed E-state index contributed by atoms with van der Waals surface area (Å²) in [6.07, 6.45) is 8.83. The molecule has 0 spiro atoms. The van der Waals surface area contributed by atoms with Gasteiger partial charge in [-0.05, 0) is 44.6 Å². The molecule has 1 aromatic heterocycles. The minimum Gasteiger partial charge on any atom is -0.356 e. The van der Waals surface area contributed by atoms with Crippen LogP contribution in [0.25, 0.3) is 0 Å². The molecule has 0 atom stereocenters. The first-order valence-corrected chi connectivity index (χ1v) is 6.97. The van der Waals surface area contributed by atoms with Crippen molar-refractivity contribution in [2.45, 2.75) is 43.9 Å². The van der Waals surface area contributed by atoms with Crippen LogP contribution >= 0.6 is 0 Å². The number of pyridine rings is 1. The predicted octanol–water partition coefficient (Wildman–Crippen LogP) is 3.02. The van der Waals surface area contributed by atoms with Crippen molar-refractivity contribution in [2.24, 2.45) is 0 Å². The van der Waals surface area contributed by atoms with Crippen LogP contribution in [0.1, 0.15) is 44.1 Å². The van der Waals surface area contributed by atoms with Crippen LogP contribution in [0.3, 0.4) is 0 Å². The lowest BCUT2D eigenvalue weighted by atomic mass is 9.65. The van der Waals surface area contributed by atoms with Gasteiger partial charge in [-0.3, -0.25) is 0 Å². The second-order valence-corrected chi connectivity index (χ2v) is 5.47. The summed E-state index contributed by atoms with van der Waals surface area (Å²) in [5.74, 6) is 1.07. The van der Waals surface area contributed by atoms with Crippen LogP contribution < -0.4 is 4.90 Å². The summed E-state index contributed by atoms with van der Waals surface area (Å²) in [4.78, 5) is 6.94. The summed E-state index contributed by atoms with van der Waals surface area (Å²) in [7, 11) is 0. The molecule has 2 fully saturated rings. The molecule has 2 aliphatic rings. The Bertz CT molecular complexity index is 465. The van der Waals surface area contributed by atoms with E-state index in [9.17, 15) is 5.26 Å². The van der Waals surface area contributed by atoms with E-state index in [0.717, 1.165) is 31.7 Å². The molecule has 0 bridgehead atoms. The summed E-state index contributed by atoms with van der Waals surface area (Å²) in [6.45, 7) is 2.18. The third kappa shape index (κ3) is 1.77. The maximum Gasteiger partial charge on any atom is 0.133 e. The van der Waals surface area contributed by atoms with Crippen LogP contribution in [0.2, 0.25) is 0 Å². The Morgan fingerprint density at radius 3 is 2.56 bits per heavy atom. The van der Waals surface area contributed by atoms with Gasteiger partial charge in [0.05, 0.1) is 11.5 Å². The fourth-order valence-electron chi connectivity index (χ4n) is 3.10. The van der Waals surface area contributed by atoms with Crippen molar-refractivity contribution < 1.29 is 0 Å². The largest absolute Gasteiger partial charge is 0.356 e. The molecule has 1 aliphatic heterocycles. The number of piperidine rings is 1. The van der Waals surface area contributed by atoms with Crippen molar-refractivity contribution in [2.75, 3.05) is 18.0 Å². The first kappa shape index (κ1) is 11.5. The third-order valence-corrected chi connectivity index (χ3v) is 4.38. The van der Waals surface area contributed by atoms with Crippen LogP contribution in [0, 0.1) is 11.3 Å². The quantitative estimate of drug-likeness (QED) is 0.799. The van der Waals surface area contributed by atoms with E-state index in [2.05, 4.69) is 22.0 Å². The summed E-state index contributed by atoms with van der Waals surface area (Å²) in [5, 5.41) is 9.52. The first-order chi connectivity index (χ1) is 8.86. The maximum atomic E-state index is 9.52. The molecule has 0 aromatic carbocycles. The van der Waals surface area contributed by atoms with Gasteiger partial charge in [-0.25, -0.2) is 4.98 Å². The van der Waals surface area contributed by atoms with Gasteiger partial charge in [-0.2, -0.15) is 5.26 Å². The average molecular weight is 241 g/mol. The number of rotatable bonds is 2. The van der Waals surface area contributed by atoms with Gasteiger partial charge in [0.15, 0.2) is 0 Å². The molecular formula is C15H19N3. The lowest BCUT2D eigenvalue weighted by molar-refractivity contribution is 0.323. The molecule has 0 radical (unpaired) electrons. The minimum absolute atomic E-state index is 0.249. The van der Waals surface area contributed by atoms with Gasteiger partial charge < -0.3 is 4.90 Å². The van der Waals surface area contributed by atoms with Gasteiger partial charge in [-0.15, -0.1) is 0 Å². The summed E-state index contributed by atoms with van der Waals surface area (Å²) in [5.41, 5.74) is 0.918. The Hall–Kier alpha value is -1.56. The highest BCUT2D eigenvalue weighted by molar-refractivity contribution is 5.54. The molecule has 3 nitrogen and oxygen atoms in total. The molecule has 1 saturated heterocycles. The standard InChI is InChI=1S/C15H19N3/c16-12-15(7-5-8-15)13-6-4-9-17-14(13)18-10-2-1-3-11-18/h4,6,9H,1-3,5,7-8,10-11H2. The number of hydrogen-bond acceptors (Lipinski definition) is 3. The third-order valence-electron chi connectivity index (χ3n) is 4.38. The lowest BCUT2D eigenvalue weighted by Crippen LogP contribution is -2.37. The molecular weight excluding hydrogens is 222 g/mol. The van der Waals surface area contributed by atoms with Crippen molar-refractivity contribution >= 4 is 5.82 Å². The predicted molar refractivity (Wildman–Crippen MR) is 71.4 cm³/mol. The monoisotopic (exact) mass is 241 g/mol. The van der Waals surface area contributed by atoms with Crippen molar-refractivity contribution in [3.63, 3.8) is 0 Å². The van der Waals surface area contributed by atoms with E-state index in [4.69, 9.17) is 0 Å². The highest BCUT2D eigenvalue weighted by Crippen LogP contribution is 2.46. The Morgan fingerprint density at radius 2 is 1.94 bits per heavy atom. The lowest BCUT2D eigenvalue weighted by Gasteiger charge is -2.39. The fraction of sp³-hybridized carbons (Fsp3) is 0.600. The molecule has 2 heterocycles. The number of aromatic nitrogens is 1. The maximum absolute atomic E-state index is 9.52. The average Bonchev–Trinajstić information content (AvgIpc) is 2.40. The van der Waals surface area contributed by atoms with Crippen LogP contribution in [0.5, 0.6) is 0 Å². The van der Waals surface area contributed by atoms with E-state index in [1.807, 2.05) is 12.3 Å². The molecule has 1 saturated carbocycles. The Morgan fingerprint density at radius 1 is 1.17 bits per heavy atom. The van der Waals surface area contributed by atoms with Crippen molar-refractivity contribution in [3.05, 3.63) is 23.9 Å². The number of hydrogen-bond donors (Lipinski definition) is 0. The molecule has 0 amide bonds. The summed E-state index contributed by atoms with van der Waals surface area (Å²) >= 11 is 0. The fourth-order valence-corrected chi connectivity index (χ4v) is 3.10. The van der Waals surface area contributed by atoms with Crippen molar-refractivity contribution in [1.29, 1.82) is 5.26 Å². The van der Waals surface area contributed by atoms with E-state index < -0.39 is 0 Å². The van der Waals surface area contributed by atoms with E-state index in [1.165, 1.54) is 31.2 Å². The zero-order valence-corrected chi connectivity index (χ0v) is 10.7. The summed E-state index contributed by atoms with van der Waals surface area (Å²) in [6, 6.07) is 6.63. The molecule has 3 rings (SSSR count). The second-order valence-electron chi connectivity index (χ2n) is 5.47. The van der Waals surface area contributed by atoms with Crippen molar-refractivity contribution in [1.82, 2.24) is 4.98 Å². The SMILES string of the molecule is N#CC1(c2cccnc2N2CCCCC2)CCC1. The molecule has 18 heavy (non-hydrogen) atoms. The molecule has 3 heteroatoms. The molecule has 94 valence electrons. The van der Waals surface area contributed by atoms with Gasteiger partial charge in [0.2, 0.25) is 0 Å². The number of nitrogens with zero attached hydrogens (tertiary/aromatic N) is 3. The van der Waals surface area contributed by atoms with E-state index in [0.29, 0.717) is 0 Å². The van der Waals surface area contributed by atoms with Crippen LogP contribution in [0.15, 0.2) is 18.3 Å². The Labute approximate surface area is 108 Å². The summed E-state index contributed by atoms with van der Waals surface area (Å²) < 4.78 is 0. The van der Waals surface area contributed by atoms with Crippen molar-refractivity contribution in [3.8, 4) is 6.07 Å². The Balaban J connectivity index is 1.97. The molecule has 1 aromatic rings. The smallest absolute Gasteiger partial charge is 0.133 e. The highest BCUT2D eigenvalue weighted by Gasteiger charge is 2.41. The topological polar surface area (TPSA) is 39.9 Å². The zero-order chi connectivity index (χ0) is 12.4. The second kappa shape index (κ2) is 4.61. The van der Waals surface area contributed by atoms with E-state index >= 15 is 0 Å². The van der Waals surface area contributed by atoms with Gasteiger partial charge >= 0.3 is 0 Å². The minimum atomic E-state index is -0.249. The van der Waals surface area contributed by atoms with Crippen LogP contribution in [-0.2, 0) is 5.41 Å². The first-order valence-electron chi connectivity index (χ1n) is 6.97. The highest BCUT2D eigenvalue weighted by atomic mass is 15.2. The van der Waals surface area contributed by atoms with Gasteiger partial charge in [0, 0.05) is 24.8 Å². The zero-order valence-electron chi connectivity index (χ0n) is 10.7.